The Morgan fingerprint density at radius 2 is 1.43 bits per heavy atom. The smallest absolute Gasteiger partial charge is 0.253 e. The number of rotatable bonds is 5. The predicted molar refractivity (Wildman–Crippen MR) is 121 cm³/mol. The zero-order chi connectivity index (χ0) is 20.9. The molecule has 0 saturated carbocycles. The van der Waals surface area contributed by atoms with Crippen LogP contribution in [0.4, 0.5) is 11.4 Å². The average Bonchev–Trinajstić information content (AvgIpc) is 2.80. The Kier molecular flexibility index (Phi) is 6.65. The summed E-state index contributed by atoms with van der Waals surface area (Å²) >= 11 is 0. The quantitative estimate of drug-likeness (QED) is 0.823. The van der Waals surface area contributed by atoms with Gasteiger partial charge >= 0.3 is 0 Å². The number of carbonyl (C=O) groups excluding carboxylic acids is 1. The molecule has 1 aromatic carbocycles. The number of amides is 1. The number of likely N-dealkylation sites (tertiary alicyclic amines) is 2. The van der Waals surface area contributed by atoms with E-state index < -0.39 is 0 Å². The van der Waals surface area contributed by atoms with Crippen molar-refractivity contribution in [2.45, 2.75) is 37.8 Å². The molecule has 160 valence electrons. The minimum Gasteiger partial charge on any atom is -0.355 e. The minimum absolute atomic E-state index is 0.144. The highest BCUT2D eigenvalue weighted by Crippen LogP contribution is 2.24. The second kappa shape index (κ2) is 9.58. The van der Waals surface area contributed by atoms with Crippen LogP contribution in [0, 0.1) is 0 Å². The van der Waals surface area contributed by atoms with Crippen molar-refractivity contribution in [3.63, 3.8) is 0 Å². The first-order valence-corrected chi connectivity index (χ1v) is 11.1. The van der Waals surface area contributed by atoms with Gasteiger partial charge in [0.1, 0.15) is 0 Å². The van der Waals surface area contributed by atoms with Gasteiger partial charge in [-0.1, -0.05) is 0 Å². The van der Waals surface area contributed by atoms with E-state index in [9.17, 15) is 4.79 Å². The van der Waals surface area contributed by atoms with Crippen LogP contribution in [0.2, 0.25) is 0 Å². The Morgan fingerprint density at radius 1 is 0.900 bits per heavy atom. The number of carbonyl (C=O) groups is 1. The fourth-order valence-electron chi connectivity index (χ4n) is 4.66. The highest BCUT2D eigenvalue weighted by molar-refractivity contribution is 5.94. The molecule has 1 aromatic heterocycles. The van der Waals surface area contributed by atoms with E-state index in [0.29, 0.717) is 12.1 Å². The number of anilines is 2. The summed E-state index contributed by atoms with van der Waals surface area (Å²) in [5.41, 5.74) is 2.72. The van der Waals surface area contributed by atoms with Crippen molar-refractivity contribution in [1.29, 1.82) is 0 Å². The van der Waals surface area contributed by atoms with E-state index in [1.807, 2.05) is 41.3 Å². The first-order chi connectivity index (χ1) is 14.6. The third kappa shape index (κ3) is 4.99. The Labute approximate surface area is 179 Å². The van der Waals surface area contributed by atoms with Gasteiger partial charge in [-0.25, -0.2) is 0 Å². The molecule has 0 bridgehead atoms. The normalized spacial score (nSPS) is 19.2. The lowest BCUT2D eigenvalue weighted by molar-refractivity contribution is 0.0513. The maximum Gasteiger partial charge on any atom is 0.253 e. The van der Waals surface area contributed by atoms with Crippen LogP contribution in [-0.4, -0.2) is 77.9 Å². The molecule has 30 heavy (non-hydrogen) atoms. The maximum atomic E-state index is 13.0. The molecule has 2 saturated heterocycles. The first-order valence-electron chi connectivity index (χ1n) is 11.1. The lowest BCUT2D eigenvalue weighted by atomic mass is 9.97. The van der Waals surface area contributed by atoms with Gasteiger partial charge in [0.25, 0.3) is 5.91 Å². The number of aromatic nitrogens is 1. The molecule has 2 aliphatic heterocycles. The van der Waals surface area contributed by atoms with E-state index >= 15 is 0 Å². The lowest BCUT2D eigenvalue weighted by Crippen LogP contribution is -2.51. The SMILES string of the molecule is CN1CCC(N(C)C2CCN(C(=O)c3ccc(Nc4ccncc4)cc3)CC2)CC1. The highest BCUT2D eigenvalue weighted by atomic mass is 16.2. The molecule has 0 spiro atoms. The molecule has 2 fully saturated rings. The predicted octanol–water partition coefficient (Wildman–Crippen LogP) is 3.46. The van der Waals surface area contributed by atoms with Crippen LogP contribution in [0.15, 0.2) is 48.8 Å². The monoisotopic (exact) mass is 407 g/mol. The van der Waals surface area contributed by atoms with Crippen molar-refractivity contribution in [3.05, 3.63) is 54.4 Å². The summed E-state index contributed by atoms with van der Waals surface area (Å²) in [6, 6.07) is 12.9. The Balaban J connectivity index is 1.28. The summed E-state index contributed by atoms with van der Waals surface area (Å²) in [6.07, 6.45) is 8.16. The molecule has 4 rings (SSSR count). The van der Waals surface area contributed by atoms with E-state index in [1.54, 1.807) is 12.4 Å². The van der Waals surface area contributed by atoms with Gasteiger partial charge in [-0.05, 0) is 89.3 Å². The number of piperidine rings is 2. The summed E-state index contributed by atoms with van der Waals surface area (Å²) in [7, 11) is 4.49. The maximum absolute atomic E-state index is 13.0. The second-order valence-corrected chi connectivity index (χ2v) is 8.66. The van der Waals surface area contributed by atoms with Gasteiger partial charge in [0.15, 0.2) is 0 Å². The van der Waals surface area contributed by atoms with Crippen molar-refractivity contribution in [2.24, 2.45) is 0 Å². The highest BCUT2D eigenvalue weighted by Gasteiger charge is 2.30. The van der Waals surface area contributed by atoms with Crippen LogP contribution < -0.4 is 5.32 Å². The molecule has 3 heterocycles. The fourth-order valence-corrected chi connectivity index (χ4v) is 4.66. The van der Waals surface area contributed by atoms with Gasteiger partial charge in [-0.2, -0.15) is 0 Å². The van der Waals surface area contributed by atoms with Gasteiger partial charge in [0.2, 0.25) is 0 Å². The Hall–Kier alpha value is -2.44. The van der Waals surface area contributed by atoms with Crippen molar-refractivity contribution >= 4 is 17.3 Å². The van der Waals surface area contributed by atoms with E-state index in [1.165, 1.54) is 25.9 Å². The summed E-state index contributed by atoms with van der Waals surface area (Å²) in [6.45, 7) is 4.08. The summed E-state index contributed by atoms with van der Waals surface area (Å²) in [5.74, 6) is 0.144. The third-order valence-electron chi connectivity index (χ3n) is 6.69. The molecule has 2 aliphatic rings. The van der Waals surface area contributed by atoms with E-state index in [-0.39, 0.29) is 5.91 Å². The second-order valence-electron chi connectivity index (χ2n) is 8.66. The zero-order valence-corrected chi connectivity index (χ0v) is 18.1. The van der Waals surface area contributed by atoms with Crippen LogP contribution in [0.25, 0.3) is 0 Å². The number of pyridine rings is 1. The number of nitrogens with one attached hydrogen (secondary N) is 1. The average molecular weight is 408 g/mol. The lowest BCUT2D eigenvalue weighted by Gasteiger charge is -2.42. The molecule has 0 atom stereocenters. The zero-order valence-electron chi connectivity index (χ0n) is 18.1. The van der Waals surface area contributed by atoms with E-state index in [4.69, 9.17) is 0 Å². The van der Waals surface area contributed by atoms with Gasteiger partial charge in [-0.15, -0.1) is 0 Å². The van der Waals surface area contributed by atoms with E-state index in [2.05, 4.69) is 34.2 Å². The number of nitrogens with zero attached hydrogens (tertiary/aromatic N) is 4. The molecular formula is C24H33N5O. The first kappa shape index (κ1) is 20.8. The molecule has 6 heteroatoms. The topological polar surface area (TPSA) is 51.7 Å². The molecule has 0 unspecified atom stereocenters. The number of hydrogen-bond acceptors (Lipinski definition) is 5. The Morgan fingerprint density at radius 3 is 2.03 bits per heavy atom. The molecule has 1 amide bonds. The van der Waals surface area contributed by atoms with Crippen molar-refractivity contribution in [3.8, 4) is 0 Å². The van der Waals surface area contributed by atoms with Gasteiger partial charge < -0.3 is 20.0 Å². The molecule has 0 aliphatic carbocycles. The van der Waals surface area contributed by atoms with Crippen LogP contribution in [0.1, 0.15) is 36.0 Å². The number of benzene rings is 1. The summed E-state index contributed by atoms with van der Waals surface area (Å²) < 4.78 is 0. The van der Waals surface area contributed by atoms with Gasteiger partial charge in [0.05, 0.1) is 0 Å². The Bertz CT molecular complexity index is 809. The van der Waals surface area contributed by atoms with Crippen molar-refractivity contribution in [1.82, 2.24) is 19.7 Å². The van der Waals surface area contributed by atoms with Crippen molar-refractivity contribution in [2.75, 3.05) is 45.6 Å². The van der Waals surface area contributed by atoms with Gasteiger partial charge in [-0.3, -0.25) is 9.78 Å². The summed E-state index contributed by atoms with van der Waals surface area (Å²) in [5, 5.41) is 3.33. The minimum atomic E-state index is 0.144. The van der Waals surface area contributed by atoms with E-state index in [0.717, 1.165) is 42.9 Å². The third-order valence-corrected chi connectivity index (χ3v) is 6.69. The van der Waals surface area contributed by atoms with Crippen LogP contribution >= 0.6 is 0 Å². The van der Waals surface area contributed by atoms with Crippen molar-refractivity contribution < 1.29 is 4.79 Å². The molecular weight excluding hydrogens is 374 g/mol. The molecule has 2 aromatic rings. The van der Waals surface area contributed by atoms with Crippen LogP contribution in [0.5, 0.6) is 0 Å². The van der Waals surface area contributed by atoms with Crippen LogP contribution in [-0.2, 0) is 0 Å². The fraction of sp³-hybridized carbons (Fsp3) is 0.500. The van der Waals surface area contributed by atoms with Gasteiger partial charge in [0, 0.05) is 54.5 Å². The standard InChI is InChI=1S/C24H33N5O/c1-27-15-9-22(10-16-27)28(2)23-11-17-29(18-12-23)24(30)19-3-5-20(6-4-19)26-21-7-13-25-14-8-21/h3-8,13-14,22-23H,9-12,15-18H2,1-2H3,(H,25,26). The van der Waals surface area contributed by atoms with Crippen LogP contribution in [0.3, 0.4) is 0 Å². The molecule has 6 nitrogen and oxygen atoms in total. The summed E-state index contributed by atoms with van der Waals surface area (Å²) in [4.78, 5) is 24.0. The molecule has 1 N–H and O–H groups in total. The number of hydrogen-bond donors (Lipinski definition) is 1. The molecule has 0 radical (unpaired) electrons. The largest absolute Gasteiger partial charge is 0.355 e.